The Morgan fingerprint density at radius 1 is 0.893 bits per heavy atom. The normalized spacial score (nSPS) is 10.9. The van der Waals surface area contributed by atoms with E-state index in [4.69, 9.17) is 10.2 Å². The van der Waals surface area contributed by atoms with Crippen LogP contribution in [0, 0.1) is 11.6 Å². The number of primary amides is 1. The summed E-state index contributed by atoms with van der Waals surface area (Å²) >= 11 is 1.54. The third-order valence-electron chi connectivity index (χ3n) is 4.41. The minimum Gasteiger partial charge on any atom is -0.458 e. The highest BCUT2D eigenvalue weighted by atomic mass is 32.1. The van der Waals surface area contributed by atoms with E-state index >= 15 is 0 Å². The summed E-state index contributed by atoms with van der Waals surface area (Å²) in [5, 5.41) is 0. The van der Waals surface area contributed by atoms with E-state index in [1.165, 1.54) is 30.5 Å². The molecule has 0 unspecified atom stereocenters. The minimum atomic E-state index is -0.654. The SMILES string of the molecule is NC(=O)c1occ(-c2ccc(F)cc2)c1Cc1ccc(-c2ccc(F)cc2)s1. The van der Waals surface area contributed by atoms with Crippen molar-refractivity contribution in [2.75, 3.05) is 0 Å². The Bertz CT molecular complexity index is 1130. The third kappa shape index (κ3) is 3.59. The standard InChI is InChI=1S/C22H15F2NO2S/c23-15-5-1-13(2-6-15)19-12-27-21(22(25)26)18(19)11-17-9-10-20(28-17)14-3-7-16(24)8-4-14/h1-10,12H,11H2,(H2,25,26). The van der Waals surface area contributed by atoms with Crippen molar-refractivity contribution in [2.45, 2.75) is 6.42 Å². The number of hydrogen-bond acceptors (Lipinski definition) is 3. The first kappa shape index (κ1) is 18.1. The number of amides is 1. The molecule has 4 rings (SSSR count). The lowest BCUT2D eigenvalue weighted by Crippen LogP contribution is -2.12. The maximum Gasteiger partial charge on any atom is 0.284 e. The van der Waals surface area contributed by atoms with Crippen LogP contribution >= 0.6 is 11.3 Å². The lowest BCUT2D eigenvalue weighted by molar-refractivity contribution is 0.0973. The Balaban J connectivity index is 1.69. The van der Waals surface area contributed by atoms with Gasteiger partial charge in [0.15, 0.2) is 5.76 Å². The van der Waals surface area contributed by atoms with Crippen LogP contribution in [0.4, 0.5) is 8.78 Å². The molecule has 0 aliphatic carbocycles. The van der Waals surface area contributed by atoms with Crippen LogP contribution in [-0.4, -0.2) is 5.91 Å². The number of benzene rings is 2. The van der Waals surface area contributed by atoms with Gasteiger partial charge in [-0.1, -0.05) is 24.3 Å². The summed E-state index contributed by atoms with van der Waals surface area (Å²) in [6.45, 7) is 0. The largest absolute Gasteiger partial charge is 0.458 e. The molecule has 4 aromatic rings. The predicted molar refractivity (Wildman–Crippen MR) is 105 cm³/mol. The summed E-state index contributed by atoms with van der Waals surface area (Å²) in [4.78, 5) is 13.8. The Kier molecular flexibility index (Phi) is 4.79. The number of carbonyl (C=O) groups is 1. The summed E-state index contributed by atoms with van der Waals surface area (Å²) in [5.41, 5.74) is 8.48. The van der Waals surface area contributed by atoms with Crippen LogP contribution in [0.2, 0.25) is 0 Å². The van der Waals surface area contributed by atoms with Crippen molar-refractivity contribution in [3.8, 4) is 21.6 Å². The molecule has 2 heterocycles. The second-order valence-electron chi connectivity index (χ2n) is 6.28. The zero-order chi connectivity index (χ0) is 19.7. The molecule has 0 atom stereocenters. The molecular weight excluding hydrogens is 380 g/mol. The van der Waals surface area contributed by atoms with E-state index in [1.807, 2.05) is 12.1 Å². The second-order valence-corrected chi connectivity index (χ2v) is 7.45. The van der Waals surface area contributed by atoms with Gasteiger partial charge < -0.3 is 10.2 Å². The van der Waals surface area contributed by atoms with Gasteiger partial charge in [-0.2, -0.15) is 0 Å². The molecule has 0 saturated heterocycles. The minimum absolute atomic E-state index is 0.0936. The maximum atomic E-state index is 13.3. The van der Waals surface area contributed by atoms with Crippen LogP contribution in [0.25, 0.3) is 21.6 Å². The Labute approximate surface area is 164 Å². The van der Waals surface area contributed by atoms with Gasteiger partial charge in [-0.05, 0) is 47.5 Å². The van der Waals surface area contributed by atoms with Crippen molar-refractivity contribution in [3.63, 3.8) is 0 Å². The number of nitrogens with two attached hydrogens (primary N) is 1. The molecule has 28 heavy (non-hydrogen) atoms. The summed E-state index contributed by atoms with van der Waals surface area (Å²) in [6.07, 6.45) is 1.91. The molecule has 0 spiro atoms. The molecule has 0 bridgehead atoms. The van der Waals surface area contributed by atoms with Gasteiger partial charge in [0.2, 0.25) is 0 Å². The second kappa shape index (κ2) is 7.40. The van der Waals surface area contributed by atoms with Gasteiger partial charge in [-0.25, -0.2) is 8.78 Å². The van der Waals surface area contributed by atoms with Crippen LogP contribution in [0.5, 0.6) is 0 Å². The molecular formula is C22H15F2NO2S. The number of rotatable bonds is 5. The Morgan fingerprint density at radius 2 is 1.50 bits per heavy atom. The van der Waals surface area contributed by atoms with Gasteiger partial charge in [-0.3, -0.25) is 4.79 Å². The van der Waals surface area contributed by atoms with E-state index in [0.717, 1.165) is 20.9 Å². The van der Waals surface area contributed by atoms with Gasteiger partial charge in [-0.15, -0.1) is 11.3 Å². The molecule has 6 heteroatoms. The van der Waals surface area contributed by atoms with E-state index in [1.54, 1.807) is 35.6 Å². The van der Waals surface area contributed by atoms with Crippen molar-refractivity contribution in [2.24, 2.45) is 5.73 Å². The van der Waals surface area contributed by atoms with E-state index in [9.17, 15) is 13.6 Å². The average Bonchev–Trinajstić information content (AvgIpc) is 3.31. The van der Waals surface area contributed by atoms with Crippen molar-refractivity contribution in [1.29, 1.82) is 0 Å². The molecule has 1 amide bonds. The first-order chi connectivity index (χ1) is 13.5. The van der Waals surface area contributed by atoms with Gasteiger partial charge in [0.1, 0.15) is 11.6 Å². The van der Waals surface area contributed by atoms with Crippen molar-refractivity contribution >= 4 is 17.2 Å². The first-order valence-electron chi connectivity index (χ1n) is 8.52. The lowest BCUT2D eigenvalue weighted by Gasteiger charge is -2.04. The third-order valence-corrected chi connectivity index (χ3v) is 5.55. The predicted octanol–water partition coefficient (Wildman–Crippen LogP) is 5.64. The van der Waals surface area contributed by atoms with Crippen LogP contribution < -0.4 is 5.73 Å². The summed E-state index contributed by atoms with van der Waals surface area (Å²) in [6, 6.07) is 16.2. The van der Waals surface area contributed by atoms with Gasteiger partial charge in [0, 0.05) is 27.3 Å². The first-order valence-corrected chi connectivity index (χ1v) is 9.33. The van der Waals surface area contributed by atoms with Crippen LogP contribution in [-0.2, 0) is 6.42 Å². The van der Waals surface area contributed by atoms with E-state index < -0.39 is 5.91 Å². The number of halogens is 2. The Hall–Kier alpha value is -3.25. The molecule has 2 aromatic carbocycles. The molecule has 3 nitrogen and oxygen atoms in total. The van der Waals surface area contributed by atoms with E-state index in [0.29, 0.717) is 17.5 Å². The zero-order valence-electron chi connectivity index (χ0n) is 14.6. The summed E-state index contributed by atoms with van der Waals surface area (Å²) in [5.74, 6) is -1.19. The number of thiophene rings is 1. The van der Waals surface area contributed by atoms with Crippen LogP contribution in [0.1, 0.15) is 21.0 Å². The highest BCUT2D eigenvalue weighted by Crippen LogP contribution is 2.34. The maximum absolute atomic E-state index is 13.3. The topological polar surface area (TPSA) is 56.2 Å². The lowest BCUT2D eigenvalue weighted by atomic mass is 9.99. The summed E-state index contributed by atoms with van der Waals surface area (Å²) < 4.78 is 31.8. The highest BCUT2D eigenvalue weighted by Gasteiger charge is 2.20. The summed E-state index contributed by atoms with van der Waals surface area (Å²) in [7, 11) is 0. The smallest absolute Gasteiger partial charge is 0.284 e. The highest BCUT2D eigenvalue weighted by molar-refractivity contribution is 7.15. The fourth-order valence-electron chi connectivity index (χ4n) is 3.05. The quantitative estimate of drug-likeness (QED) is 0.475. The molecule has 2 N–H and O–H groups in total. The number of furan rings is 1. The molecule has 2 aromatic heterocycles. The van der Waals surface area contributed by atoms with Gasteiger partial charge >= 0.3 is 0 Å². The van der Waals surface area contributed by atoms with E-state index in [-0.39, 0.29) is 17.4 Å². The average molecular weight is 395 g/mol. The molecule has 0 aliphatic rings. The fourth-order valence-corrected chi connectivity index (χ4v) is 4.08. The number of carbonyl (C=O) groups excluding carboxylic acids is 1. The molecule has 0 fully saturated rings. The van der Waals surface area contributed by atoms with Crippen LogP contribution in [0.15, 0.2) is 71.3 Å². The molecule has 0 saturated carbocycles. The molecule has 0 aliphatic heterocycles. The van der Waals surface area contributed by atoms with Crippen molar-refractivity contribution in [1.82, 2.24) is 0 Å². The fraction of sp³-hybridized carbons (Fsp3) is 0.0455. The Morgan fingerprint density at radius 3 is 2.11 bits per heavy atom. The zero-order valence-corrected chi connectivity index (χ0v) is 15.4. The van der Waals surface area contributed by atoms with Gasteiger partial charge in [0.25, 0.3) is 5.91 Å². The monoisotopic (exact) mass is 395 g/mol. The number of hydrogen-bond donors (Lipinski definition) is 1. The van der Waals surface area contributed by atoms with Crippen molar-refractivity contribution < 1.29 is 18.0 Å². The van der Waals surface area contributed by atoms with Crippen LogP contribution in [0.3, 0.4) is 0 Å². The van der Waals surface area contributed by atoms with Crippen molar-refractivity contribution in [3.05, 3.63) is 94.8 Å². The molecule has 140 valence electrons. The van der Waals surface area contributed by atoms with Gasteiger partial charge in [0.05, 0.1) is 6.26 Å². The van der Waals surface area contributed by atoms with E-state index in [2.05, 4.69) is 0 Å². The molecule has 0 radical (unpaired) electrons.